The first kappa shape index (κ1) is 19.0. The molecule has 0 aliphatic carbocycles. The van der Waals surface area contributed by atoms with Gasteiger partial charge in [0, 0.05) is 12.6 Å². The van der Waals surface area contributed by atoms with Crippen LogP contribution in [-0.2, 0) is 16.1 Å². The quantitative estimate of drug-likeness (QED) is 0.765. The molecule has 0 spiro atoms. The second kappa shape index (κ2) is 8.67. The van der Waals surface area contributed by atoms with Gasteiger partial charge in [0.15, 0.2) is 0 Å². The molecule has 0 radical (unpaired) electrons. The molecular formula is C21H27NO3. The van der Waals surface area contributed by atoms with Gasteiger partial charge in [-0.15, -0.1) is 0 Å². The van der Waals surface area contributed by atoms with Gasteiger partial charge in [0.25, 0.3) is 0 Å². The fourth-order valence-electron chi connectivity index (χ4n) is 2.53. The minimum Gasteiger partial charge on any atom is -0.497 e. The van der Waals surface area contributed by atoms with E-state index in [-0.39, 0.29) is 18.4 Å². The van der Waals surface area contributed by atoms with Crippen LogP contribution in [0.5, 0.6) is 5.75 Å². The number of nitrogens with one attached hydrogen (secondary N) is 1. The van der Waals surface area contributed by atoms with E-state index in [2.05, 4.69) is 5.32 Å². The van der Waals surface area contributed by atoms with Crippen LogP contribution in [0.1, 0.15) is 44.4 Å². The average Bonchev–Trinajstić information content (AvgIpc) is 2.58. The van der Waals surface area contributed by atoms with E-state index in [0.29, 0.717) is 6.54 Å². The third kappa shape index (κ3) is 6.59. The number of esters is 1. The van der Waals surface area contributed by atoms with Gasteiger partial charge in [-0.1, -0.05) is 42.5 Å². The molecule has 4 heteroatoms. The van der Waals surface area contributed by atoms with Crippen LogP contribution < -0.4 is 10.1 Å². The van der Waals surface area contributed by atoms with Crippen LogP contribution in [0, 0.1) is 0 Å². The SMILES string of the molecule is COc1ccc(CNC(CC(=O)OC(C)(C)C)c2ccccc2)cc1. The number of ether oxygens (including phenoxy) is 2. The van der Waals surface area contributed by atoms with Gasteiger partial charge in [-0.05, 0) is 44.0 Å². The molecular weight excluding hydrogens is 314 g/mol. The summed E-state index contributed by atoms with van der Waals surface area (Å²) in [6, 6.07) is 17.8. The molecule has 0 amide bonds. The Morgan fingerprint density at radius 2 is 1.68 bits per heavy atom. The van der Waals surface area contributed by atoms with Crippen molar-refractivity contribution < 1.29 is 14.3 Å². The number of hydrogen-bond donors (Lipinski definition) is 1. The second-order valence-electron chi connectivity index (χ2n) is 6.98. The number of benzene rings is 2. The molecule has 2 rings (SSSR count). The van der Waals surface area contributed by atoms with Crippen LogP contribution in [0.2, 0.25) is 0 Å². The van der Waals surface area contributed by atoms with Gasteiger partial charge in [0.05, 0.1) is 13.5 Å². The van der Waals surface area contributed by atoms with Crippen molar-refractivity contribution in [1.29, 1.82) is 0 Å². The van der Waals surface area contributed by atoms with Crippen molar-refractivity contribution in [2.24, 2.45) is 0 Å². The summed E-state index contributed by atoms with van der Waals surface area (Å²) in [7, 11) is 1.65. The van der Waals surface area contributed by atoms with E-state index in [4.69, 9.17) is 9.47 Å². The summed E-state index contributed by atoms with van der Waals surface area (Å²) in [5, 5.41) is 3.46. The smallest absolute Gasteiger partial charge is 0.308 e. The summed E-state index contributed by atoms with van der Waals surface area (Å²) in [6.07, 6.45) is 0.289. The van der Waals surface area contributed by atoms with Gasteiger partial charge in [0.2, 0.25) is 0 Å². The van der Waals surface area contributed by atoms with E-state index in [1.165, 1.54) is 0 Å². The minimum absolute atomic E-state index is 0.0989. The second-order valence-corrected chi connectivity index (χ2v) is 6.98. The third-order valence-electron chi connectivity index (χ3n) is 3.70. The predicted octanol–water partition coefficient (Wildman–Crippen LogP) is 4.26. The molecule has 1 atom stereocenters. The Morgan fingerprint density at radius 3 is 2.24 bits per heavy atom. The van der Waals surface area contributed by atoms with Crippen LogP contribution >= 0.6 is 0 Å². The fourth-order valence-corrected chi connectivity index (χ4v) is 2.53. The molecule has 0 saturated carbocycles. The van der Waals surface area contributed by atoms with E-state index in [1.54, 1.807) is 7.11 Å². The van der Waals surface area contributed by atoms with Crippen molar-refractivity contribution in [1.82, 2.24) is 5.32 Å². The highest BCUT2D eigenvalue weighted by Gasteiger charge is 2.21. The summed E-state index contributed by atoms with van der Waals surface area (Å²) in [4.78, 5) is 12.3. The predicted molar refractivity (Wildman–Crippen MR) is 99.5 cm³/mol. The first-order valence-electron chi connectivity index (χ1n) is 8.50. The van der Waals surface area contributed by atoms with Gasteiger partial charge >= 0.3 is 5.97 Å². The number of rotatable bonds is 7. The molecule has 0 heterocycles. The van der Waals surface area contributed by atoms with Crippen molar-refractivity contribution >= 4 is 5.97 Å². The maximum Gasteiger partial charge on any atom is 0.308 e. The summed E-state index contributed by atoms with van der Waals surface area (Å²) >= 11 is 0. The van der Waals surface area contributed by atoms with Crippen LogP contribution in [0.3, 0.4) is 0 Å². The topological polar surface area (TPSA) is 47.6 Å². The van der Waals surface area contributed by atoms with E-state index < -0.39 is 5.60 Å². The van der Waals surface area contributed by atoms with Gasteiger partial charge in [0.1, 0.15) is 11.4 Å². The first-order valence-corrected chi connectivity index (χ1v) is 8.50. The normalized spacial score (nSPS) is 12.5. The number of hydrogen-bond acceptors (Lipinski definition) is 4. The summed E-state index contributed by atoms with van der Waals surface area (Å²) in [6.45, 7) is 6.31. The van der Waals surface area contributed by atoms with Crippen molar-refractivity contribution in [2.45, 2.75) is 45.4 Å². The lowest BCUT2D eigenvalue weighted by molar-refractivity contribution is -0.155. The Balaban J connectivity index is 2.05. The highest BCUT2D eigenvalue weighted by molar-refractivity contribution is 5.71. The molecule has 0 aromatic heterocycles. The van der Waals surface area contributed by atoms with E-state index in [1.807, 2.05) is 75.4 Å². The monoisotopic (exact) mass is 341 g/mol. The largest absolute Gasteiger partial charge is 0.497 e. The Kier molecular flexibility index (Phi) is 6.59. The fraction of sp³-hybridized carbons (Fsp3) is 0.381. The maximum atomic E-state index is 12.3. The summed E-state index contributed by atoms with van der Waals surface area (Å²) in [5.74, 6) is 0.626. The van der Waals surface area contributed by atoms with Crippen molar-refractivity contribution in [2.75, 3.05) is 7.11 Å². The molecule has 25 heavy (non-hydrogen) atoms. The van der Waals surface area contributed by atoms with Crippen LogP contribution in [0.15, 0.2) is 54.6 Å². The van der Waals surface area contributed by atoms with Crippen molar-refractivity contribution in [3.8, 4) is 5.75 Å². The van der Waals surface area contributed by atoms with Gasteiger partial charge in [-0.2, -0.15) is 0 Å². The molecule has 134 valence electrons. The molecule has 0 fully saturated rings. The Morgan fingerprint density at radius 1 is 1.04 bits per heavy atom. The molecule has 0 saturated heterocycles. The molecule has 4 nitrogen and oxygen atoms in total. The zero-order valence-electron chi connectivity index (χ0n) is 15.4. The molecule has 0 aliphatic heterocycles. The van der Waals surface area contributed by atoms with E-state index in [9.17, 15) is 4.79 Å². The molecule has 2 aromatic rings. The molecule has 1 unspecified atom stereocenters. The van der Waals surface area contributed by atoms with Gasteiger partial charge in [-0.25, -0.2) is 0 Å². The Labute approximate surface area is 150 Å². The van der Waals surface area contributed by atoms with Crippen molar-refractivity contribution in [3.05, 3.63) is 65.7 Å². The van der Waals surface area contributed by atoms with Crippen molar-refractivity contribution in [3.63, 3.8) is 0 Å². The molecule has 2 aromatic carbocycles. The Bertz CT molecular complexity index is 660. The highest BCUT2D eigenvalue weighted by Crippen LogP contribution is 2.20. The van der Waals surface area contributed by atoms with Gasteiger partial charge < -0.3 is 14.8 Å². The van der Waals surface area contributed by atoms with E-state index >= 15 is 0 Å². The van der Waals surface area contributed by atoms with Crippen LogP contribution in [0.25, 0.3) is 0 Å². The molecule has 0 aliphatic rings. The lowest BCUT2D eigenvalue weighted by atomic mass is 10.0. The number of methoxy groups -OCH3 is 1. The maximum absolute atomic E-state index is 12.3. The third-order valence-corrected chi connectivity index (χ3v) is 3.70. The standard InChI is InChI=1S/C21H27NO3/c1-21(2,3)25-20(23)14-19(17-8-6-5-7-9-17)22-15-16-10-12-18(24-4)13-11-16/h5-13,19,22H,14-15H2,1-4H3. The van der Waals surface area contributed by atoms with E-state index in [0.717, 1.165) is 16.9 Å². The first-order chi connectivity index (χ1) is 11.9. The lowest BCUT2D eigenvalue weighted by Crippen LogP contribution is -2.29. The zero-order chi connectivity index (χ0) is 18.3. The minimum atomic E-state index is -0.478. The number of carbonyl (C=O) groups excluding carboxylic acids is 1. The molecule has 0 bridgehead atoms. The lowest BCUT2D eigenvalue weighted by Gasteiger charge is -2.23. The zero-order valence-corrected chi connectivity index (χ0v) is 15.4. The number of carbonyl (C=O) groups is 1. The summed E-state index contributed by atoms with van der Waals surface area (Å²) in [5.41, 5.74) is 1.72. The van der Waals surface area contributed by atoms with Crippen LogP contribution in [0.4, 0.5) is 0 Å². The highest BCUT2D eigenvalue weighted by atomic mass is 16.6. The summed E-state index contributed by atoms with van der Waals surface area (Å²) < 4.78 is 10.7. The average molecular weight is 341 g/mol. The van der Waals surface area contributed by atoms with Gasteiger partial charge in [-0.3, -0.25) is 4.79 Å². The molecule has 1 N–H and O–H groups in total. The Hall–Kier alpha value is -2.33. The van der Waals surface area contributed by atoms with Crippen LogP contribution in [-0.4, -0.2) is 18.7 Å².